The zero-order valence-electron chi connectivity index (χ0n) is 25.8. The van der Waals surface area contributed by atoms with Gasteiger partial charge in [-0.2, -0.15) is 26.3 Å². The van der Waals surface area contributed by atoms with E-state index in [0.717, 1.165) is 78.5 Å². The van der Waals surface area contributed by atoms with Crippen molar-refractivity contribution in [3.63, 3.8) is 0 Å². The standard InChI is InChI=1S/C35H32F7NO3S/c1-31(2,45)33-13-10-32(11-14-33,12-15-33)20-5-9-28(46-3)24(16-20)30(44)43(22-6-8-26(36)25(18-22)35(40,41)42)27-19-47-29-17-21(34(37,38)39)4-7-23(27)29/h4-9,16-19,45H,10-15H2,1-3H3. The summed E-state index contributed by atoms with van der Waals surface area (Å²) in [5.74, 6) is -2.18. The van der Waals surface area contributed by atoms with Gasteiger partial charge in [-0.05, 0) is 111 Å². The molecule has 1 amide bonds. The van der Waals surface area contributed by atoms with Gasteiger partial charge in [-0.1, -0.05) is 12.1 Å². The first kappa shape index (κ1) is 33.3. The van der Waals surface area contributed by atoms with Crippen LogP contribution in [0.2, 0.25) is 0 Å². The van der Waals surface area contributed by atoms with Gasteiger partial charge in [0.15, 0.2) is 0 Å². The smallest absolute Gasteiger partial charge is 0.419 e. The molecule has 1 heterocycles. The summed E-state index contributed by atoms with van der Waals surface area (Å²) in [6.07, 6.45) is -5.05. The highest BCUT2D eigenvalue weighted by Crippen LogP contribution is 2.61. The van der Waals surface area contributed by atoms with Crippen molar-refractivity contribution in [3.05, 3.63) is 88.0 Å². The number of ether oxygens (including phenoxy) is 1. The summed E-state index contributed by atoms with van der Waals surface area (Å²) < 4.78 is 102. The second-order valence-corrected chi connectivity index (χ2v) is 14.1. The van der Waals surface area contributed by atoms with Crippen molar-refractivity contribution in [1.29, 1.82) is 0 Å². The van der Waals surface area contributed by atoms with E-state index in [1.165, 1.54) is 18.6 Å². The first-order valence-electron chi connectivity index (χ1n) is 15.1. The molecule has 250 valence electrons. The van der Waals surface area contributed by atoms with Gasteiger partial charge in [0.1, 0.15) is 11.6 Å². The molecule has 3 aliphatic carbocycles. The molecule has 0 radical (unpaired) electrons. The molecule has 47 heavy (non-hydrogen) atoms. The van der Waals surface area contributed by atoms with Crippen molar-refractivity contribution < 1.29 is 45.4 Å². The highest BCUT2D eigenvalue weighted by Gasteiger charge is 2.55. The van der Waals surface area contributed by atoms with Crippen molar-refractivity contribution in [1.82, 2.24) is 0 Å². The minimum atomic E-state index is -5.08. The van der Waals surface area contributed by atoms with Crippen LogP contribution in [0, 0.1) is 11.2 Å². The van der Waals surface area contributed by atoms with Crippen LogP contribution < -0.4 is 9.64 Å². The number of amides is 1. The van der Waals surface area contributed by atoms with E-state index >= 15 is 0 Å². The molecular formula is C35H32F7NO3S. The number of methoxy groups -OCH3 is 1. The van der Waals surface area contributed by atoms with Crippen molar-refractivity contribution in [2.75, 3.05) is 12.0 Å². The predicted molar refractivity (Wildman–Crippen MR) is 166 cm³/mol. The van der Waals surface area contributed by atoms with Crippen molar-refractivity contribution in [2.24, 2.45) is 5.41 Å². The topological polar surface area (TPSA) is 49.8 Å². The van der Waals surface area contributed by atoms with Crippen molar-refractivity contribution in [2.45, 2.75) is 75.7 Å². The molecule has 3 aromatic carbocycles. The summed E-state index contributed by atoms with van der Waals surface area (Å²) in [6, 6.07) is 10.3. The lowest BCUT2D eigenvalue weighted by Gasteiger charge is -2.58. The summed E-state index contributed by atoms with van der Waals surface area (Å²) in [4.78, 5) is 15.6. The highest BCUT2D eigenvalue weighted by molar-refractivity contribution is 7.17. The van der Waals surface area contributed by atoms with E-state index in [1.807, 2.05) is 19.9 Å². The SMILES string of the molecule is COc1ccc(C23CCC(C(C)(C)O)(CC2)CC3)cc1C(=O)N(c1ccc(F)c(C(F)(F)F)c1)c1csc2cc(C(F)(F)F)ccc12. The Morgan fingerprint density at radius 3 is 2.11 bits per heavy atom. The second kappa shape index (κ2) is 11.2. The number of nitrogens with zero attached hydrogens (tertiary/aromatic N) is 1. The monoisotopic (exact) mass is 679 g/mol. The lowest BCUT2D eigenvalue weighted by Crippen LogP contribution is -2.53. The van der Waals surface area contributed by atoms with E-state index in [2.05, 4.69) is 0 Å². The molecule has 3 saturated carbocycles. The zero-order chi connectivity index (χ0) is 34.2. The molecule has 0 unspecified atom stereocenters. The molecule has 4 aromatic rings. The number of anilines is 2. The first-order valence-corrected chi connectivity index (χ1v) is 16.0. The third-order valence-corrected chi connectivity index (χ3v) is 11.4. The Bertz CT molecular complexity index is 1830. The number of carbonyl (C=O) groups excluding carboxylic acids is 1. The van der Waals surface area contributed by atoms with E-state index in [4.69, 9.17) is 4.74 Å². The third kappa shape index (κ3) is 5.67. The van der Waals surface area contributed by atoms with Crippen molar-refractivity contribution >= 4 is 38.7 Å². The van der Waals surface area contributed by atoms with Gasteiger partial charge in [0.25, 0.3) is 5.91 Å². The summed E-state index contributed by atoms with van der Waals surface area (Å²) in [5.41, 5.74) is -3.25. The Hall–Kier alpha value is -3.64. The van der Waals surface area contributed by atoms with Gasteiger partial charge in [-0.15, -0.1) is 11.3 Å². The summed E-state index contributed by atoms with van der Waals surface area (Å²) in [5, 5.41) is 12.5. The number of rotatable bonds is 6. The summed E-state index contributed by atoms with van der Waals surface area (Å²) in [7, 11) is 1.35. The van der Waals surface area contributed by atoms with Gasteiger partial charge in [0, 0.05) is 15.5 Å². The van der Waals surface area contributed by atoms with Crippen LogP contribution in [-0.2, 0) is 17.8 Å². The molecule has 1 N–H and O–H groups in total. The largest absolute Gasteiger partial charge is 0.496 e. The number of alkyl halides is 6. The van der Waals surface area contributed by atoms with Crippen LogP contribution in [0.15, 0.2) is 60.0 Å². The number of halogens is 7. The van der Waals surface area contributed by atoms with Crippen molar-refractivity contribution in [3.8, 4) is 5.75 Å². The maximum Gasteiger partial charge on any atom is 0.419 e. The average molecular weight is 680 g/mol. The second-order valence-electron chi connectivity index (χ2n) is 13.2. The van der Waals surface area contributed by atoms with Crippen LogP contribution >= 0.6 is 11.3 Å². The predicted octanol–water partition coefficient (Wildman–Crippen LogP) is 10.4. The molecule has 2 bridgehead atoms. The molecule has 3 aliphatic rings. The minimum absolute atomic E-state index is 0.0356. The lowest BCUT2D eigenvalue weighted by atomic mass is 9.48. The lowest BCUT2D eigenvalue weighted by molar-refractivity contribution is -0.140. The first-order chi connectivity index (χ1) is 21.9. The normalized spacial score (nSPS) is 21.7. The number of fused-ring (bicyclic) bond motifs is 4. The van der Waals surface area contributed by atoms with E-state index in [1.54, 1.807) is 12.1 Å². The fourth-order valence-electron chi connectivity index (χ4n) is 7.46. The van der Waals surface area contributed by atoms with Crippen LogP contribution in [0.25, 0.3) is 10.1 Å². The van der Waals surface area contributed by atoms with Gasteiger partial charge >= 0.3 is 12.4 Å². The maximum absolute atomic E-state index is 14.6. The van der Waals surface area contributed by atoms with E-state index in [0.29, 0.717) is 12.1 Å². The Morgan fingerprint density at radius 1 is 0.872 bits per heavy atom. The van der Waals surface area contributed by atoms with Crippen LogP contribution in [0.1, 0.15) is 79.4 Å². The maximum atomic E-state index is 14.6. The molecule has 7 rings (SSSR count). The van der Waals surface area contributed by atoms with Gasteiger partial charge in [0.05, 0.1) is 40.8 Å². The van der Waals surface area contributed by atoms with Gasteiger partial charge < -0.3 is 9.84 Å². The van der Waals surface area contributed by atoms with Crippen LogP contribution in [-0.4, -0.2) is 23.7 Å². The molecular weight excluding hydrogens is 647 g/mol. The molecule has 12 heteroatoms. The molecule has 0 aliphatic heterocycles. The van der Waals surface area contributed by atoms with E-state index < -0.39 is 40.8 Å². The number of benzene rings is 3. The quantitative estimate of drug-likeness (QED) is 0.206. The van der Waals surface area contributed by atoms with Gasteiger partial charge in [-0.3, -0.25) is 9.69 Å². The van der Waals surface area contributed by atoms with Crippen LogP contribution in [0.5, 0.6) is 5.75 Å². The Labute approximate surface area is 270 Å². The number of carbonyl (C=O) groups is 1. The summed E-state index contributed by atoms with van der Waals surface area (Å²) in [6.45, 7) is 3.67. The average Bonchev–Trinajstić information content (AvgIpc) is 3.44. The minimum Gasteiger partial charge on any atom is -0.496 e. The Morgan fingerprint density at radius 2 is 1.53 bits per heavy atom. The molecule has 0 spiro atoms. The fraction of sp³-hybridized carbons (Fsp3) is 0.400. The molecule has 3 fully saturated rings. The number of hydrogen-bond acceptors (Lipinski definition) is 4. The van der Waals surface area contributed by atoms with Gasteiger partial charge in [-0.25, -0.2) is 4.39 Å². The molecule has 0 atom stereocenters. The molecule has 1 aromatic heterocycles. The number of hydrogen-bond donors (Lipinski definition) is 1. The molecule has 0 saturated heterocycles. The number of aliphatic hydroxyl groups is 1. The van der Waals surface area contributed by atoms with E-state index in [-0.39, 0.29) is 43.6 Å². The van der Waals surface area contributed by atoms with Crippen LogP contribution in [0.4, 0.5) is 42.1 Å². The summed E-state index contributed by atoms with van der Waals surface area (Å²) >= 11 is 0.896. The Balaban J connectivity index is 1.49. The fourth-order valence-corrected chi connectivity index (χ4v) is 8.43. The van der Waals surface area contributed by atoms with E-state index in [9.17, 15) is 40.6 Å². The Kier molecular flexibility index (Phi) is 7.94. The molecule has 4 nitrogen and oxygen atoms in total. The highest BCUT2D eigenvalue weighted by atomic mass is 32.1. The third-order valence-electron chi connectivity index (χ3n) is 10.4. The number of thiophene rings is 1. The van der Waals surface area contributed by atoms with Crippen LogP contribution in [0.3, 0.4) is 0 Å². The zero-order valence-corrected chi connectivity index (χ0v) is 26.6. The van der Waals surface area contributed by atoms with Gasteiger partial charge in [0.2, 0.25) is 0 Å².